The Labute approximate surface area is 148 Å². The van der Waals surface area contributed by atoms with Crippen LogP contribution in [0, 0.1) is 21.7 Å². The molecule has 7 nitrogen and oxygen atoms in total. The van der Waals surface area contributed by atoms with E-state index in [1.54, 1.807) is 12.1 Å². The molecule has 1 heterocycles. The Hall–Kier alpha value is -2.59. The van der Waals surface area contributed by atoms with E-state index < -0.39 is 26.5 Å². The first-order valence-corrected chi connectivity index (χ1v) is 9.17. The van der Waals surface area contributed by atoms with E-state index in [2.05, 4.69) is 0 Å². The molecule has 0 spiro atoms. The highest BCUT2D eigenvalue weighted by Crippen LogP contribution is 2.25. The fourth-order valence-electron chi connectivity index (χ4n) is 2.78. The molecule has 2 aromatic carbocycles. The first-order chi connectivity index (χ1) is 12.3. The lowest BCUT2D eigenvalue weighted by atomic mass is 10.2. The number of sulfonamides is 1. The van der Waals surface area contributed by atoms with Crippen molar-refractivity contribution in [3.05, 3.63) is 64.2 Å². The second-order valence-electron chi connectivity index (χ2n) is 5.74. The van der Waals surface area contributed by atoms with Crippen molar-refractivity contribution in [1.29, 1.82) is 0 Å². The predicted molar refractivity (Wildman–Crippen MR) is 90.4 cm³/mol. The van der Waals surface area contributed by atoms with E-state index in [-0.39, 0.29) is 23.8 Å². The average molecular weight is 383 g/mol. The molecule has 2 aromatic rings. The maximum Gasteiger partial charge on any atom is 0.306 e. The van der Waals surface area contributed by atoms with Crippen molar-refractivity contribution in [2.45, 2.75) is 4.90 Å². The minimum Gasteiger partial charge on any atom is -0.369 e. The zero-order valence-electron chi connectivity index (χ0n) is 13.5. The van der Waals surface area contributed by atoms with E-state index in [1.807, 2.05) is 4.90 Å². The molecule has 0 atom stereocenters. The summed E-state index contributed by atoms with van der Waals surface area (Å²) in [5.41, 5.74) is -0.100. The van der Waals surface area contributed by atoms with Crippen molar-refractivity contribution < 1.29 is 22.1 Å². The molecule has 0 unspecified atom stereocenters. The Kier molecular flexibility index (Phi) is 4.88. The summed E-state index contributed by atoms with van der Waals surface area (Å²) in [6, 6.07) is 8.42. The average Bonchev–Trinajstić information content (AvgIpc) is 2.62. The van der Waals surface area contributed by atoms with Crippen molar-refractivity contribution in [2.24, 2.45) is 0 Å². The van der Waals surface area contributed by atoms with Crippen LogP contribution < -0.4 is 4.90 Å². The highest BCUT2D eigenvalue weighted by molar-refractivity contribution is 7.89. The SMILES string of the molecule is O=[N+]([O-])c1cc(S(=O)(=O)N2CCN(c3ccc(F)cc3)CC2)ccc1F. The Morgan fingerprint density at radius 3 is 2.15 bits per heavy atom. The van der Waals surface area contributed by atoms with E-state index in [0.717, 1.165) is 23.9 Å². The molecular formula is C16H15F2N3O4S. The molecule has 0 saturated carbocycles. The normalized spacial score (nSPS) is 15.8. The molecule has 1 fully saturated rings. The summed E-state index contributed by atoms with van der Waals surface area (Å²) in [4.78, 5) is 11.5. The topological polar surface area (TPSA) is 83.8 Å². The number of hydrogen-bond acceptors (Lipinski definition) is 5. The summed E-state index contributed by atoms with van der Waals surface area (Å²) >= 11 is 0. The minimum atomic E-state index is -3.97. The van der Waals surface area contributed by atoms with Gasteiger partial charge in [-0.3, -0.25) is 10.1 Å². The largest absolute Gasteiger partial charge is 0.369 e. The number of halogens is 2. The zero-order chi connectivity index (χ0) is 18.9. The van der Waals surface area contributed by atoms with Crippen LogP contribution in [0.3, 0.4) is 0 Å². The number of anilines is 1. The lowest BCUT2D eigenvalue weighted by Gasteiger charge is -2.35. The maximum absolute atomic E-state index is 13.4. The van der Waals surface area contributed by atoms with Gasteiger partial charge in [0.15, 0.2) is 0 Å². The number of nitro groups is 1. The van der Waals surface area contributed by atoms with Crippen LogP contribution >= 0.6 is 0 Å². The second-order valence-corrected chi connectivity index (χ2v) is 7.68. The molecule has 1 saturated heterocycles. The van der Waals surface area contributed by atoms with E-state index in [0.29, 0.717) is 13.1 Å². The van der Waals surface area contributed by atoms with Crippen LogP contribution in [0.15, 0.2) is 47.4 Å². The minimum absolute atomic E-state index is 0.158. The lowest BCUT2D eigenvalue weighted by molar-refractivity contribution is -0.387. The van der Waals surface area contributed by atoms with Crippen molar-refractivity contribution >= 4 is 21.4 Å². The zero-order valence-corrected chi connectivity index (χ0v) is 14.3. The van der Waals surface area contributed by atoms with E-state index >= 15 is 0 Å². The summed E-state index contributed by atoms with van der Waals surface area (Å²) < 4.78 is 53.0. The number of hydrogen-bond donors (Lipinski definition) is 0. The Bertz CT molecular complexity index is 927. The Morgan fingerprint density at radius 1 is 0.962 bits per heavy atom. The van der Waals surface area contributed by atoms with Crippen LogP contribution in [0.25, 0.3) is 0 Å². The monoisotopic (exact) mass is 383 g/mol. The van der Waals surface area contributed by atoms with Gasteiger partial charge in [0, 0.05) is 37.9 Å². The molecule has 26 heavy (non-hydrogen) atoms. The molecule has 10 heteroatoms. The van der Waals surface area contributed by atoms with Gasteiger partial charge in [-0.2, -0.15) is 8.70 Å². The van der Waals surface area contributed by atoms with Crippen molar-refractivity contribution in [2.75, 3.05) is 31.1 Å². The molecule has 0 aliphatic carbocycles. The van der Waals surface area contributed by atoms with Gasteiger partial charge >= 0.3 is 5.69 Å². The first-order valence-electron chi connectivity index (χ1n) is 7.73. The van der Waals surface area contributed by atoms with Crippen LogP contribution in [0.4, 0.5) is 20.2 Å². The number of piperazine rings is 1. The van der Waals surface area contributed by atoms with Crippen molar-refractivity contribution in [3.8, 4) is 0 Å². The quantitative estimate of drug-likeness (QED) is 0.598. The highest BCUT2D eigenvalue weighted by atomic mass is 32.2. The predicted octanol–water partition coefficient (Wildman–Crippen LogP) is 2.38. The molecule has 3 rings (SSSR count). The number of benzene rings is 2. The molecular weight excluding hydrogens is 368 g/mol. The third-order valence-corrected chi connectivity index (χ3v) is 6.08. The van der Waals surface area contributed by atoms with Gasteiger partial charge in [0.2, 0.25) is 15.8 Å². The summed E-state index contributed by atoms with van der Waals surface area (Å²) in [6.45, 7) is 1.08. The fourth-order valence-corrected chi connectivity index (χ4v) is 4.22. The fraction of sp³-hybridized carbons (Fsp3) is 0.250. The van der Waals surface area contributed by atoms with Gasteiger partial charge < -0.3 is 4.90 Å². The lowest BCUT2D eigenvalue weighted by Crippen LogP contribution is -2.48. The third kappa shape index (κ3) is 3.51. The molecule has 138 valence electrons. The summed E-state index contributed by atoms with van der Waals surface area (Å²) in [6.07, 6.45) is 0. The highest BCUT2D eigenvalue weighted by Gasteiger charge is 2.30. The van der Waals surface area contributed by atoms with Gasteiger partial charge in [0.05, 0.1) is 9.82 Å². The van der Waals surface area contributed by atoms with E-state index in [1.165, 1.54) is 16.4 Å². The van der Waals surface area contributed by atoms with Crippen LogP contribution in [0.2, 0.25) is 0 Å². The standard InChI is InChI=1S/C16H15F2N3O4S/c17-12-1-3-13(4-2-12)19-7-9-20(10-8-19)26(24,25)14-5-6-15(18)16(11-14)21(22)23/h1-6,11H,7-10H2. The molecule has 1 aliphatic rings. The second kappa shape index (κ2) is 6.96. The smallest absolute Gasteiger partial charge is 0.306 e. The Morgan fingerprint density at radius 2 is 1.58 bits per heavy atom. The first kappa shape index (κ1) is 18.2. The van der Waals surface area contributed by atoms with Gasteiger partial charge in [0.25, 0.3) is 0 Å². The molecule has 0 amide bonds. The van der Waals surface area contributed by atoms with Gasteiger partial charge in [-0.25, -0.2) is 12.8 Å². The Balaban J connectivity index is 1.77. The third-order valence-electron chi connectivity index (χ3n) is 4.18. The number of nitrogens with zero attached hydrogens (tertiary/aromatic N) is 3. The number of rotatable bonds is 4. The van der Waals surface area contributed by atoms with Crippen LogP contribution in [0.1, 0.15) is 0 Å². The molecule has 0 bridgehead atoms. The van der Waals surface area contributed by atoms with Crippen molar-refractivity contribution in [3.63, 3.8) is 0 Å². The maximum atomic E-state index is 13.4. The van der Waals surface area contributed by atoms with Gasteiger partial charge in [-0.1, -0.05) is 0 Å². The molecule has 1 aliphatic heterocycles. The molecule has 0 aromatic heterocycles. The van der Waals surface area contributed by atoms with Gasteiger partial charge in [-0.05, 0) is 36.4 Å². The number of nitro benzene ring substituents is 1. The van der Waals surface area contributed by atoms with Gasteiger partial charge in [-0.15, -0.1) is 0 Å². The van der Waals surface area contributed by atoms with Crippen molar-refractivity contribution in [1.82, 2.24) is 4.31 Å². The molecule has 0 N–H and O–H groups in total. The van der Waals surface area contributed by atoms with Crippen LogP contribution in [-0.4, -0.2) is 43.8 Å². The summed E-state index contributed by atoms with van der Waals surface area (Å²) in [7, 11) is -3.97. The van der Waals surface area contributed by atoms with E-state index in [4.69, 9.17) is 0 Å². The van der Waals surface area contributed by atoms with Crippen LogP contribution in [0.5, 0.6) is 0 Å². The van der Waals surface area contributed by atoms with Gasteiger partial charge in [0.1, 0.15) is 5.82 Å². The molecule has 0 radical (unpaired) electrons. The van der Waals surface area contributed by atoms with Crippen LogP contribution in [-0.2, 0) is 10.0 Å². The van der Waals surface area contributed by atoms with E-state index in [9.17, 15) is 27.3 Å². The summed E-state index contributed by atoms with van der Waals surface area (Å²) in [5.74, 6) is -1.44. The summed E-state index contributed by atoms with van der Waals surface area (Å²) in [5, 5.41) is 10.8.